The molecule has 1 atom stereocenters. The van der Waals surface area contributed by atoms with Gasteiger partial charge in [0.25, 0.3) is 5.78 Å². The van der Waals surface area contributed by atoms with Crippen molar-refractivity contribution in [3.05, 3.63) is 119 Å². The van der Waals surface area contributed by atoms with E-state index in [4.69, 9.17) is 0 Å². The van der Waals surface area contributed by atoms with Crippen molar-refractivity contribution in [2.75, 3.05) is 4.90 Å². The lowest BCUT2D eigenvalue weighted by molar-refractivity contribution is -0.132. The normalized spacial score (nSPS) is 16.5. The van der Waals surface area contributed by atoms with Gasteiger partial charge in [0.2, 0.25) is 5.13 Å². The number of carbonyl (C=O) groups is 2. The van der Waals surface area contributed by atoms with E-state index in [1.807, 2.05) is 54.8 Å². The number of hydrogen-bond acceptors (Lipinski definition) is 9. The highest BCUT2D eigenvalue weighted by molar-refractivity contribution is 8.00. The number of hydrogen-bond donors (Lipinski definition) is 1. The van der Waals surface area contributed by atoms with E-state index < -0.39 is 17.7 Å². The predicted octanol–water partition coefficient (Wildman–Crippen LogP) is 6.27. The zero-order valence-corrected chi connectivity index (χ0v) is 24.8. The number of aliphatic hydroxyl groups excluding tert-OH is 1. The Kier molecular flexibility index (Phi) is 6.75. The van der Waals surface area contributed by atoms with Crippen molar-refractivity contribution in [3.8, 4) is 0 Å². The summed E-state index contributed by atoms with van der Waals surface area (Å²) in [5.74, 6) is -1.30. The van der Waals surface area contributed by atoms with Gasteiger partial charge in [0.05, 0.1) is 17.3 Å². The molecule has 212 valence electrons. The van der Waals surface area contributed by atoms with Crippen LogP contribution in [0.25, 0.3) is 22.2 Å². The van der Waals surface area contributed by atoms with Gasteiger partial charge in [0.15, 0.2) is 10.1 Å². The van der Waals surface area contributed by atoms with Gasteiger partial charge in [-0.05, 0) is 53.4 Å². The van der Waals surface area contributed by atoms with Gasteiger partial charge in [0, 0.05) is 24.3 Å². The van der Waals surface area contributed by atoms with Gasteiger partial charge in [-0.1, -0.05) is 77.7 Å². The number of nitrogens with zero attached hydrogens (tertiary/aromatic N) is 6. The SMILES string of the molecule is Cc1cccn2c(C)c(/C(O)=C3\C(=O)C(=O)N(c4nnc(SCc5cccc6ccccc56)s4)C3c3cccnc3)nc12. The third-order valence-corrected chi connectivity index (χ3v) is 9.69. The Balaban J connectivity index is 1.28. The lowest BCUT2D eigenvalue weighted by Gasteiger charge is -2.21. The van der Waals surface area contributed by atoms with E-state index >= 15 is 0 Å². The van der Waals surface area contributed by atoms with Gasteiger partial charge in [-0.3, -0.25) is 19.5 Å². The summed E-state index contributed by atoms with van der Waals surface area (Å²) in [4.78, 5) is 37.4. The highest BCUT2D eigenvalue weighted by Crippen LogP contribution is 2.44. The van der Waals surface area contributed by atoms with Gasteiger partial charge >= 0.3 is 5.91 Å². The molecule has 1 saturated heterocycles. The molecule has 9 nitrogen and oxygen atoms in total. The fraction of sp³-hybridized carbons (Fsp3) is 0.125. The topological polar surface area (TPSA) is 114 Å². The molecule has 11 heteroatoms. The molecule has 1 aliphatic heterocycles. The van der Waals surface area contributed by atoms with Crippen LogP contribution in [0.3, 0.4) is 0 Å². The first kappa shape index (κ1) is 27.0. The number of aromatic nitrogens is 5. The van der Waals surface area contributed by atoms with Gasteiger partial charge in [-0.15, -0.1) is 10.2 Å². The third-order valence-electron chi connectivity index (χ3n) is 7.59. The minimum Gasteiger partial charge on any atom is -0.505 e. The van der Waals surface area contributed by atoms with Crippen LogP contribution in [-0.2, 0) is 15.3 Å². The predicted molar refractivity (Wildman–Crippen MR) is 167 cm³/mol. The summed E-state index contributed by atoms with van der Waals surface area (Å²) in [6.45, 7) is 3.74. The van der Waals surface area contributed by atoms with Gasteiger partial charge in [0.1, 0.15) is 11.3 Å². The van der Waals surface area contributed by atoms with Gasteiger partial charge in [-0.25, -0.2) is 4.98 Å². The first-order chi connectivity index (χ1) is 20.9. The molecule has 0 radical (unpaired) electrons. The first-order valence-corrected chi connectivity index (χ1v) is 15.3. The average molecular weight is 605 g/mol. The maximum Gasteiger partial charge on any atom is 0.301 e. The summed E-state index contributed by atoms with van der Waals surface area (Å²) in [6, 6.07) is 20.7. The molecule has 1 amide bonds. The molecule has 1 aliphatic rings. The zero-order chi connectivity index (χ0) is 29.7. The van der Waals surface area contributed by atoms with E-state index in [9.17, 15) is 14.7 Å². The van der Waals surface area contributed by atoms with Crippen LogP contribution in [0.1, 0.15) is 34.1 Å². The number of benzene rings is 2. The van der Waals surface area contributed by atoms with Crippen LogP contribution in [0.5, 0.6) is 0 Å². The minimum atomic E-state index is -0.956. The molecule has 7 rings (SSSR count). The largest absolute Gasteiger partial charge is 0.505 e. The van der Waals surface area contributed by atoms with Crippen molar-refractivity contribution >= 4 is 62.1 Å². The van der Waals surface area contributed by atoms with Crippen LogP contribution in [0.2, 0.25) is 0 Å². The van der Waals surface area contributed by atoms with E-state index in [2.05, 4.69) is 44.4 Å². The van der Waals surface area contributed by atoms with Crippen molar-refractivity contribution in [1.82, 2.24) is 24.6 Å². The summed E-state index contributed by atoms with van der Waals surface area (Å²) >= 11 is 2.74. The highest BCUT2D eigenvalue weighted by atomic mass is 32.2. The molecule has 1 N–H and O–H groups in total. The fourth-order valence-corrected chi connectivity index (χ4v) is 7.34. The Morgan fingerprint density at radius 1 is 1.00 bits per heavy atom. The van der Waals surface area contributed by atoms with Crippen LogP contribution in [-0.4, -0.2) is 41.4 Å². The van der Waals surface area contributed by atoms with Crippen LogP contribution in [0.4, 0.5) is 5.13 Å². The fourth-order valence-electron chi connectivity index (χ4n) is 5.47. The number of pyridine rings is 2. The molecule has 5 heterocycles. The Morgan fingerprint density at radius 2 is 1.84 bits per heavy atom. The van der Waals surface area contributed by atoms with Crippen molar-refractivity contribution in [2.24, 2.45) is 0 Å². The average Bonchev–Trinajstić information content (AvgIpc) is 3.71. The molecule has 0 saturated carbocycles. The van der Waals surface area contributed by atoms with Crippen molar-refractivity contribution in [1.29, 1.82) is 0 Å². The highest BCUT2D eigenvalue weighted by Gasteiger charge is 2.49. The number of Topliss-reactive ketones (excluding diaryl/α,β-unsaturated/α-hetero) is 1. The van der Waals surface area contributed by atoms with Crippen LogP contribution in [0.15, 0.2) is 95.2 Å². The second-order valence-corrected chi connectivity index (χ2v) is 12.3. The summed E-state index contributed by atoms with van der Waals surface area (Å²) < 4.78 is 2.51. The molecule has 1 unspecified atom stereocenters. The first-order valence-electron chi connectivity index (χ1n) is 13.5. The van der Waals surface area contributed by atoms with E-state index in [1.165, 1.54) is 33.4 Å². The Labute approximate surface area is 254 Å². The molecular formula is C32H24N6O3S2. The van der Waals surface area contributed by atoms with Gasteiger partial charge in [-0.2, -0.15) is 0 Å². The molecule has 0 spiro atoms. The lowest BCUT2D eigenvalue weighted by atomic mass is 9.98. The Morgan fingerprint density at radius 3 is 2.65 bits per heavy atom. The molecule has 0 bridgehead atoms. The number of imidazole rings is 1. The van der Waals surface area contributed by atoms with E-state index in [1.54, 1.807) is 24.5 Å². The molecule has 2 aromatic carbocycles. The molecule has 43 heavy (non-hydrogen) atoms. The minimum absolute atomic E-state index is 0.0673. The smallest absolute Gasteiger partial charge is 0.301 e. The van der Waals surface area contributed by atoms with Crippen LogP contribution >= 0.6 is 23.1 Å². The lowest BCUT2D eigenvalue weighted by Crippen LogP contribution is -2.29. The van der Waals surface area contributed by atoms with Crippen molar-refractivity contribution in [2.45, 2.75) is 30.0 Å². The molecule has 6 aromatic rings. The molecule has 4 aromatic heterocycles. The monoisotopic (exact) mass is 604 g/mol. The molecule has 1 fully saturated rings. The number of ketones is 1. The number of aliphatic hydroxyl groups is 1. The van der Waals surface area contributed by atoms with E-state index in [0.29, 0.717) is 27.0 Å². The van der Waals surface area contributed by atoms with E-state index in [-0.39, 0.29) is 22.2 Å². The maximum absolute atomic E-state index is 13.6. The Hall–Kier alpha value is -4.87. The number of aryl methyl sites for hydroxylation is 2. The number of carbonyl (C=O) groups excluding carboxylic acids is 2. The number of anilines is 1. The second kappa shape index (κ2) is 10.8. The standard InChI is InChI=1S/C32H24N6O3S2/c1-18-8-7-15-37-19(2)25(34-29(18)37)27(39)24-26(21-12-6-14-33-16-21)38(30(41)28(24)40)31-35-36-32(43-31)42-17-22-11-5-10-20-9-3-4-13-23(20)22/h3-16,26,39H,17H2,1-2H3/b27-24+. The Bertz CT molecular complexity index is 2080. The molecule has 0 aliphatic carbocycles. The number of thioether (sulfide) groups is 1. The van der Waals surface area contributed by atoms with Crippen LogP contribution in [0, 0.1) is 13.8 Å². The quantitative estimate of drug-likeness (QED) is 0.0778. The third kappa shape index (κ3) is 4.57. The summed E-state index contributed by atoms with van der Waals surface area (Å²) in [7, 11) is 0. The van der Waals surface area contributed by atoms with Crippen molar-refractivity contribution < 1.29 is 14.7 Å². The summed E-state index contributed by atoms with van der Waals surface area (Å²) in [6.07, 6.45) is 5.03. The van der Waals surface area contributed by atoms with Crippen LogP contribution < -0.4 is 4.90 Å². The zero-order valence-electron chi connectivity index (χ0n) is 23.1. The van der Waals surface area contributed by atoms with E-state index in [0.717, 1.165) is 16.5 Å². The maximum atomic E-state index is 13.6. The number of rotatable bonds is 6. The van der Waals surface area contributed by atoms with Gasteiger partial charge < -0.3 is 9.51 Å². The molecular weight excluding hydrogens is 581 g/mol. The summed E-state index contributed by atoms with van der Waals surface area (Å²) in [5.41, 5.74) is 4.11. The number of amides is 1. The summed E-state index contributed by atoms with van der Waals surface area (Å²) in [5, 5.41) is 22.9. The second-order valence-electron chi connectivity index (χ2n) is 10.2. The number of fused-ring (bicyclic) bond motifs is 2. The van der Waals surface area contributed by atoms with Crippen molar-refractivity contribution in [3.63, 3.8) is 0 Å².